The molecular weight excluding hydrogens is 585 g/mol. The van der Waals surface area contributed by atoms with E-state index >= 15 is 0 Å². The quantitative estimate of drug-likeness (QED) is 0.159. The third kappa shape index (κ3) is 7.15. The van der Waals surface area contributed by atoms with E-state index in [4.69, 9.17) is 28.3 Å². The summed E-state index contributed by atoms with van der Waals surface area (Å²) in [5.74, 6) is -3.68. The molecule has 0 saturated heterocycles. The van der Waals surface area contributed by atoms with E-state index in [0.717, 1.165) is 18.2 Å². The number of thioether (sulfide) groups is 1. The molecule has 0 unspecified atom stereocenters. The fourth-order valence-corrected chi connectivity index (χ4v) is 5.36. The van der Waals surface area contributed by atoms with Gasteiger partial charge in [-0.25, -0.2) is 14.6 Å². The first-order valence-corrected chi connectivity index (χ1v) is 13.6. The third-order valence-corrected chi connectivity index (χ3v) is 7.46. The van der Waals surface area contributed by atoms with Crippen molar-refractivity contribution < 1.29 is 29.4 Å². The van der Waals surface area contributed by atoms with E-state index in [9.17, 15) is 24.3 Å². The van der Waals surface area contributed by atoms with Gasteiger partial charge in [-0.15, -0.1) is 23.1 Å². The monoisotopic (exact) mass is 601 g/mol. The van der Waals surface area contributed by atoms with Gasteiger partial charge in [-0.1, -0.05) is 29.3 Å². The normalized spacial score (nSPS) is 10.6. The van der Waals surface area contributed by atoms with E-state index in [-0.39, 0.29) is 22.8 Å². The van der Waals surface area contributed by atoms with Gasteiger partial charge in [-0.05, 0) is 54.6 Å². The maximum atomic E-state index is 12.7. The second kappa shape index (κ2) is 12.3. The Morgan fingerprint density at radius 1 is 0.897 bits per heavy atom. The maximum absolute atomic E-state index is 12.7. The van der Waals surface area contributed by atoms with Gasteiger partial charge in [0.05, 0.1) is 33.2 Å². The molecule has 3 aromatic carbocycles. The van der Waals surface area contributed by atoms with Crippen LogP contribution < -0.4 is 10.6 Å². The lowest BCUT2D eigenvalue weighted by Gasteiger charge is -2.10. The number of halogens is 2. The Labute approximate surface area is 239 Å². The van der Waals surface area contributed by atoms with E-state index in [1.807, 2.05) is 0 Å². The first kappa shape index (κ1) is 28.1. The zero-order chi connectivity index (χ0) is 28.1. The molecule has 13 heteroatoms. The van der Waals surface area contributed by atoms with Crippen LogP contribution in [-0.2, 0) is 4.79 Å². The molecule has 2 amide bonds. The summed E-state index contributed by atoms with van der Waals surface area (Å²) < 4.78 is 0. The maximum Gasteiger partial charge on any atom is 0.336 e. The number of aromatic nitrogens is 1. The number of nitrogens with zero attached hydrogens (tertiary/aromatic N) is 1. The van der Waals surface area contributed by atoms with Gasteiger partial charge < -0.3 is 20.8 Å². The minimum absolute atomic E-state index is 0.0633. The van der Waals surface area contributed by atoms with Crippen molar-refractivity contribution in [2.45, 2.75) is 4.90 Å². The van der Waals surface area contributed by atoms with Crippen LogP contribution in [0.3, 0.4) is 0 Å². The standard InChI is InChI=1S/C26H17Cl2N3O6S2/c27-14-5-7-18(20(28)9-14)21-11-39-26(30-21)31-22(32)12-38-16-3-1-2-15(10-16)29-23(33)17-6-4-13(24(34)35)8-19(17)25(36)37/h1-11H,12H2,(H,29,33)(H,34,35)(H,36,37)(H,30,31,32). The van der Waals surface area contributed by atoms with Gasteiger partial charge in [0.2, 0.25) is 5.91 Å². The zero-order valence-electron chi connectivity index (χ0n) is 19.6. The predicted molar refractivity (Wildman–Crippen MR) is 152 cm³/mol. The van der Waals surface area contributed by atoms with Crippen molar-refractivity contribution in [1.82, 2.24) is 4.98 Å². The molecule has 4 rings (SSSR count). The first-order chi connectivity index (χ1) is 18.6. The summed E-state index contributed by atoms with van der Waals surface area (Å²) in [6, 6.07) is 15.0. The second-order valence-electron chi connectivity index (χ2n) is 7.85. The van der Waals surface area contributed by atoms with Gasteiger partial charge in [-0.2, -0.15) is 0 Å². The number of hydrogen-bond acceptors (Lipinski definition) is 7. The molecule has 1 aromatic heterocycles. The topological polar surface area (TPSA) is 146 Å². The van der Waals surface area contributed by atoms with Crippen molar-refractivity contribution in [1.29, 1.82) is 0 Å². The molecule has 198 valence electrons. The van der Waals surface area contributed by atoms with Crippen LogP contribution >= 0.6 is 46.3 Å². The van der Waals surface area contributed by atoms with Gasteiger partial charge >= 0.3 is 11.9 Å². The Bertz CT molecular complexity index is 1610. The average molecular weight is 602 g/mol. The fraction of sp³-hybridized carbons (Fsp3) is 0.0385. The second-order valence-corrected chi connectivity index (χ2v) is 10.6. The molecule has 0 bridgehead atoms. The number of carboxylic acids is 2. The van der Waals surface area contributed by atoms with Gasteiger partial charge in [0.1, 0.15) is 0 Å². The molecule has 0 atom stereocenters. The van der Waals surface area contributed by atoms with Crippen LogP contribution in [0.2, 0.25) is 10.0 Å². The van der Waals surface area contributed by atoms with Crippen molar-refractivity contribution in [3.63, 3.8) is 0 Å². The minimum atomic E-state index is -1.43. The lowest BCUT2D eigenvalue weighted by Crippen LogP contribution is -2.17. The van der Waals surface area contributed by atoms with Crippen molar-refractivity contribution in [2.24, 2.45) is 0 Å². The number of carbonyl (C=O) groups excluding carboxylic acids is 2. The Balaban J connectivity index is 1.37. The van der Waals surface area contributed by atoms with Crippen molar-refractivity contribution in [3.05, 3.63) is 92.8 Å². The van der Waals surface area contributed by atoms with E-state index in [1.54, 1.807) is 47.8 Å². The summed E-state index contributed by atoms with van der Waals surface area (Å²) in [4.78, 5) is 53.0. The molecule has 0 aliphatic heterocycles. The molecule has 4 N–H and O–H groups in total. The molecule has 39 heavy (non-hydrogen) atoms. The number of thiazole rings is 1. The predicted octanol–water partition coefficient (Wildman–Crippen LogP) is 6.50. The van der Waals surface area contributed by atoms with Crippen molar-refractivity contribution in [3.8, 4) is 11.3 Å². The van der Waals surface area contributed by atoms with Crippen LogP contribution in [0, 0.1) is 0 Å². The molecule has 0 radical (unpaired) electrons. The number of hydrogen-bond donors (Lipinski definition) is 4. The fourth-order valence-electron chi connectivity index (χ4n) is 3.37. The van der Waals surface area contributed by atoms with Crippen LogP contribution in [-0.4, -0.2) is 44.7 Å². The number of amides is 2. The molecule has 0 saturated carbocycles. The highest BCUT2D eigenvalue weighted by atomic mass is 35.5. The van der Waals surface area contributed by atoms with Crippen LogP contribution in [0.1, 0.15) is 31.1 Å². The highest BCUT2D eigenvalue weighted by Crippen LogP contribution is 2.32. The summed E-state index contributed by atoms with van der Waals surface area (Å²) in [6.07, 6.45) is 0. The Morgan fingerprint density at radius 2 is 1.69 bits per heavy atom. The van der Waals surface area contributed by atoms with E-state index in [2.05, 4.69) is 15.6 Å². The smallest absolute Gasteiger partial charge is 0.336 e. The first-order valence-electron chi connectivity index (χ1n) is 11.0. The lowest BCUT2D eigenvalue weighted by molar-refractivity contribution is -0.113. The van der Waals surface area contributed by atoms with Gasteiger partial charge in [0.15, 0.2) is 5.13 Å². The van der Waals surface area contributed by atoms with Crippen molar-refractivity contribution in [2.75, 3.05) is 16.4 Å². The van der Waals surface area contributed by atoms with Crippen LogP contribution in [0.4, 0.5) is 10.8 Å². The molecule has 0 spiro atoms. The number of rotatable bonds is 9. The molecular formula is C26H17Cl2N3O6S2. The SMILES string of the molecule is O=C(CSc1cccc(NC(=O)c2ccc(C(=O)O)cc2C(=O)O)c1)Nc1nc(-c2ccc(Cl)cc2Cl)cs1. The molecule has 0 fully saturated rings. The number of nitrogens with one attached hydrogen (secondary N) is 2. The lowest BCUT2D eigenvalue weighted by atomic mass is 10.0. The number of aromatic carboxylic acids is 2. The van der Waals surface area contributed by atoms with E-state index in [0.29, 0.717) is 37.0 Å². The summed E-state index contributed by atoms with van der Waals surface area (Å²) in [7, 11) is 0. The summed E-state index contributed by atoms with van der Waals surface area (Å²) in [5, 5.41) is 27.0. The van der Waals surface area contributed by atoms with Crippen LogP contribution in [0.25, 0.3) is 11.3 Å². The van der Waals surface area contributed by atoms with Gasteiger partial charge in [-0.3, -0.25) is 9.59 Å². The summed E-state index contributed by atoms with van der Waals surface area (Å²) >= 11 is 14.6. The Hall–Kier alpha value is -3.90. The highest BCUT2D eigenvalue weighted by Gasteiger charge is 2.19. The number of carbonyl (C=O) groups is 4. The zero-order valence-corrected chi connectivity index (χ0v) is 22.7. The molecule has 9 nitrogen and oxygen atoms in total. The number of benzene rings is 3. The average Bonchev–Trinajstić information content (AvgIpc) is 3.35. The summed E-state index contributed by atoms with van der Waals surface area (Å²) in [5.41, 5.74) is 0.804. The van der Waals surface area contributed by atoms with Crippen molar-refractivity contribution >= 4 is 80.9 Å². The third-order valence-electron chi connectivity index (χ3n) is 5.16. The van der Waals surface area contributed by atoms with Crippen LogP contribution in [0.5, 0.6) is 0 Å². The number of anilines is 2. The highest BCUT2D eigenvalue weighted by molar-refractivity contribution is 8.00. The van der Waals surface area contributed by atoms with E-state index in [1.165, 1.54) is 23.1 Å². The molecule has 1 heterocycles. The number of carboxylic acid groups (broad SMARTS) is 2. The minimum Gasteiger partial charge on any atom is -0.478 e. The van der Waals surface area contributed by atoms with E-state index < -0.39 is 23.4 Å². The molecule has 0 aliphatic carbocycles. The molecule has 4 aromatic rings. The van der Waals surface area contributed by atoms with Gasteiger partial charge in [0.25, 0.3) is 5.91 Å². The van der Waals surface area contributed by atoms with Gasteiger partial charge in [0, 0.05) is 26.5 Å². The molecule has 0 aliphatic rings. The largest absolute Gasteiger partial charge is 0.478 e. The summed E-state index contributed by atoms with van der Waals surface area (Å²) in [6.45, 7) is 0. The van der Waals surface area contributed by atoms with Crippen LogP contribution in [0.15, 0.2) is 70.9 Å². The Kier molecular flexibility index (Phi) is 8.87. The Morgan fingerprint density at radius 3 is 2.41 bits per heavy atom.